The summed E-state index contributed by atoms with van der Waals surface area (Å²) in [5, 5.41) is 0. The van der Waals surface area contributed by atoms with Gasteiger partial charge >= 0.3 is 0 Å². The van der Waals surface area contributed by atoms with Crippen molar-refractivity contribution in [3.8, 4) is 0 Å². The molecule has 1 rings (SSSR count). The van der Waals surface area contributed by atoms with Crippen LogP contribution in [0, 0.1) is 0 Å². The van der Waals surface area contributed by atoms with Crippen LogP contribution in [0.1, 0.15) is 26.2 Å². The lowest BCUT2D eigenvalue weighted by molar-refractivity contribution is -0.123. The zero-order chi connectivity index (χ0) is 10.6. The van der Waals surface area contributed by atoms with Gasteiger partial charge in [0.1, 0.15) is 0 Å². The summed E-state index contributed by atoms with van der Waals surface area (Å²) < 4.78 is 5.50. The molecule has 1 amide bonds. The minimum atomic E-state index is -0.243. The van der Waals surface area contributed by atoms with Gasteiger partial charge in [0.15, 0.2) is 0 Å². The molecule has 4 heteroatoms. The van der Waals surface area contributed by atoms with Gasteiger partial charge in [-0.3, -0.25) is 9.69 Å². The number of nitrogens with zero attached hydrogens (tertiary/aromatic N) is 1. The van der Waals surface area contributed by atoms with Crippen LogP contribution in [-0.2, 0) is 9.53 Å². The van der Waals surface area contributed by atoms with Crippen LogP contribution in [0.2, 0.25) is 0 Å². The summed E-state index contributed by atoms with van der Waals surface area (Å²) in [6, 6.07) is -0.154. The summed E-state index contributed by atoms with van der Waals surface area (Å²) in [5.74, 6) is -0.243. The Morgan fingerprint density at radius 2 is 2.43 bits per heavy atom. The second-order valence-corrected chi connectivity index (χ2v) is 3.90. The van der Waals surface area contributed by atoms with Crippen molar-refractivity contribution in [1.82, 2.24) is 4.90 Å². The highest BCUT2D eigenvalue weighted by molar-refractivity contribution is 5.79. The number of ether oxygens (including phenoxy) is 1. The van der Waals surface area contributed by atoms with Gasteiger partial charge in [0.05, 0.1) is 12.1 Å². The number of likely N-dealkylation sites (N-methyl/N-ethyl adjacent to an activating group) is 1. The van der Waals surface area contributed by atoms with E-state index in [1.807, 2.05) is 18.9 Å². The molecule has 0 aromatic carbocycles. The monoisotopic (exact) mass is 200 g/mol. The maximum atomic E-state index is 11.1. The number of rotatable bonds is 5. The maximum Gasteiger partial charge on any atom is 0.234 e. The third kappa shape index (κ3) is 2.96. The number of amides is 1. The molecule has 0 bridgehead atoms. The summed E-state index contributed by atoms with van der Waals surface area (Å²) in [7, 11) is 1.93. The average Bonchev–Trinajstić information content (AvgIpc) is 2.57. The Morgan fingerprint density at radius 3 is 2.86 bits per heavy atom. The van der Waals surface area contributed by atoms with Gasteiger partial charge in [-0.15, -0.1) is 0 Å². The summed E-state index contributed by atoms with van der Waals surface area (Å²) in [6.07, 6.45) is 3.28. The van der Waals surface area contributed by atoms with Crippen LogP contribution in [0.3, 0.4) is 0 Å². The van der Waals surface area contributed by atoms with E-state index in [2.05, 4.69) is 0 Å². The van der Waals surface area contributed by atoms with Crippen molar-refractivity contribution < 1.29 is 9.53 Å². The molecule has 0 aliphatic carbocycles. The van der Waals surface area contributed by atoms with Crippen LogP contribution in [0.25, 0.3) is 0 Å². The molecule has 0 spiro atoms. The number of carbonyl (C=O) groups excluding carboxylic acids is 1. The number of primary amides is 1. The highest BCUT2D eigenvalue weighted by atomic mass is 16.5. The van der Waals surface area contributed by atoms with Gasteiger partial charge in [-0.1, -0.05) is 6.92 Å². The zero-order valence-electron chi connectivity index (χ0n) is 9.03. The highest BCUT2D eigenvalue weighted by Gasteiger charge is 2.23. The third-order valence-corrected chi connectivity index (χ3v) is 2.76. The van der Waals surface area contributed by atoms with E-state index in [1.165, 1.54) is 0 Å². The van der Waals surface area contributed by atoms with E-state index in [9.17, 15) is 4.79 Å². The maximum absolute atomic E-state index is 11.1. The minimum Gasteiger partial charge on any atom is -0.377 e. The molecular formula is C10H20N2O2. The molecule has 1 heterocycles. The first-order valence-electron chi connectivity index (χ1n) is 5.26. The summed E-state index contributed by atoms with van der Waals surface area (Å²) >= 11 is 0. The van der Waals surface area contributed by atoms with E-state index in [1.54, 1.807) is 0 Å². The first-order chi connectivity index (χ1) is 6.65. The number of nitrogens with two attached hydrogens (primary N) is 1. The van der Waals surface area contributed by atoms with Crippen LogP contribution in [0.15, 0.2) is 0 Å². The molecule has 0 aromatic rings. The molecule has 1 fully saturated rings. The van der Waals surface area contributed by atoms with Crippen LogP contribution in [-0.4, -0.2) is 43.2 Å². The van der Waals surface area contributed by atoms with E-state index in [4.69, 9.17) is 10.5 Å². The first kappa shape index (κ1) is 11.5. The van der Waals surface area contributed by atoms with Gasteiger partial charge in [0.2, 0.25) is 5.91 Å². The highest BCUT2D eigenvalue weighted by Crippen LogP contribution is 2.14. The molecule has 14 heavy (non-hydrogen) atoms. The lowest BCUT2D eigenvalue weighted by Crippen LogP contribution is -2.45. The fourth-order valence-corrected chi connectivity index (χ4v) is 1.97. The molecule has 4 nitrogen and oxygen atoms in total. The lowest BCUT2D eigenvalue weighted by atomic mass is 10.1. The molecule has 82 valence electrons. The topological polar surface area (TPSA) is 55.6 Å². The fourth-order valence-electron chi connectivity index (χ4n) is 1.97. The molecular weight excluding hydrogens is 180 g/mol. The van der Waals surface area contributed by atoms with Crippen LogP contribution >= 0.6 is 0 Å². The molecule has 0 radical (unpaired) electrons. The fraction of sp³-hybridized carbons (Fsp3) is 0.900. The third-order valence-electron chi connectivity index (χ3n) is 2.76. The smallest absolute Gasteiger partial charge is 0.234 e. The Labute approximate surface area is 85.4 Å². The Bertz CT molecular complexity index is 191. The molecule has 0 saturated carbocycles. The van der Waals surface area contributed by atoms with Crippen LogP contribution in [0.4, 0.5) is 0 Å². The second-order valence-electron chi connectivity index (χ2n) is 3.90. The number of hydrogen-bond acceptors (Lipinski definition) is 3. The van der Waals surface area contributed by atoms with E-state index in [-0.39, 0.29) is 18.1 Å². The average molecular weight is 200 g/mol. The quantitative estimate of drug-likeness (QED) is 0.697. The molecule has 1 aliphatic heterocycles. The van der Waals surface area contributed by atoms with E-state index in [0.717, 1.165) is 32.4 Å². The predicted molar refractivity (Wildman–Crippen MR) is 54.9 cm³/mol. The zero-order valence-corrected chi connectivity index (χ0v) is 9.03. The van der Waals surface area contributed by atoms with Crippen molar-refractivity contribution in [2.45, 2.75) is 38.3 Å². The van der Waals surface area contributed by atoms with E-state index >= 15 is 0 Å². The lowest BCUT2D eigenvalue weighted by Gasteiger charge is -2.26. The number of hydrogen-bond donors (Lipinski definition) is 1. The van der Waals surface area contributed by atoms with Gasteiger partial charge in [0.25, 0.3) is 0 Å². The van der Waals surface area contributed by atoms with Gasteiger partial charge in [-0.2, -0.15) is 0 Å². The van der Waals surface area contributed by atoms with Crippen LogP contribution < -0.4 is 5.73 Å². The SMILES string of the molecule is CCC(C(N)=O)N(C)CC1CCCO1. The normalized spacial score (nSPS) is 24.1. The Balaban J connectivity index is 2.37. The Hall–Kier alpha value is -0.610. The second kappa shape index (κ2) is 5.32. The summed E-state index contributed by atoms with van der Waals surface area (Å²) in [5.41, 5.74) is 5.30. The van der Waals surface area contributed by atoms with Crippen molar-refractivity contribution >= 4 is 5.91 Å². The summed E-state index contributed by atoms with van der Waals surface area (Å²) in [6.45, 7) is 3.63. The molecule has 2 N–H and O–H groups in total. The van der Waals surface area contributed by atoms with Gasteiger partial charge < -0.3 is 10.5 Å². The van der Waals surface area contributed by atoms with Crippen molar-refractivity contribution in [3.05, 3.63) is 0 Å². The van der Waals surface area contributed by atoms with Crippen molar-refractivity contribution in [2.24, 2.45) is 5.73 Å². The van der Waals surface area contributed by atoms with Crippen molar-refractivity contribution in [2.75, 3.05) is 20.2 Å². The minimum absolute atomic E-state index is 0.154. The van der Waals surface area contributed by atoms with Crippen molar-refractivity contribution in [1.29, 1.82) is 0 Å². The largest absolute Gasteiger partial charge is 0.377 e. The molecule has 0 aromatic heterocycles. The van der Waals surface area contributed by atoms with Gasteiger partial charge in [-0.05, 0) is 26.3 Å². The summed E-state index contributed by atoms with van der Waals surface area (Å²) in [4.78, 5) is 13.1. The number of carbonyl (C=O) groups is 1. The molecule has 2 unspecified atom stereocenters. The predicted octanol–water partition coefficient (Wildman–Crippen LogP) is 0.361. The molecule has 2 atom stereocenters. The van der Waals surface area contributed by atoms with Gasteiger partial charge in [0, 0.05) is 13.2 Å². The first-order valence-corrected chi connectivity index (χ1v) is 5.26. The molecule has 1 aliphatic rings. The van der Waals surface area contributed by atoms with Crippen molar-refractivity contribution in [3.63, 3.8) is 0 Å². The van der Waals surface area contributed by atoms with Crippen LogP contribution in [0.5, 0.6) is 0 Å². The Kier molecular flexibility index (Phi) is 4.35. The Morgan fingerprint density at radius 1 is 1.71 bits per heavy atom. The van der Waals surface area contributed by atoms with E-state index in [0.29, 0.717) is 0 Å². The standard InChI is InChI=1S/C10H20N2O2/c1-3-9(10(11)13)12(2)7-8-5-4-6-14-8/h8-9H,3-7H2,1-2H3,(H2,11,13). The molecule has 1 saturated heterocycles. The van der Waals surface area contributed by atoms with E-state index < -0.39 is 0 Å². The van der Waals surface area contributed by atoms with Gasteiger partial charge in [-0.25, -0.2) is 0 Å².